The largest absolute Gasteiger partial charge is 0.417 e. The summed E-state index contributed by atoms with van der Waals surface area (Å²) in [5.74, 6) is 1.29. The number of carbonyl (C=O) groups is 4. The molecule has 2 atom stereocenters. The maximum Gasteiger partial charge on any atom is 0.417 e. The number of carbonyl (C=O) groups excluding carboxylic acids is 4. The van der Waals surface area contributed by atoms with Crippen molar-refractivity contribution in [1.29, 1.82) is 5.26 Å². The maximum absolute atomic E-state index is 13.5. The third-order valence-corrected chi connectivity index (χ3v) is 14.8. The lowest BCUT2D eigenvalue weighted by molar-refractivity contribution is -0.138. The monoisotopic (exact) mass is 909 g/mol. The molecule has 6 aliphatic rings. The topological polar surface area (TPSA) is 161 Å². The van der Waals surface area contributed by atoms with E-state index >= 15 is 0 Å². The van der Waals surface area contributed by atoms with Crippen LogP contribution in [0.1, 0.15) is 85.5 Å². The molecule has 2 aromatic heterocycles. The van der Waals surface area contributed by atoms with Gasteiger partial charge in [0.2, 0.25) is 17.7 Å². The minimum Gasteiger partial charge on any atom is -0.371 e. The average Bonchev–Trinajstić information content (AvgIpc) is 3.64. The smallest absolute Gasteiger partial charge is 0.371 e. The summed E-state index contributed by atoms with van der Waals surface area (Å²) in [5, 5.41) is 14.4. The minimum absolute atomic E-state index is 0.142. The summed E-state index contributed by atoms with van der Waals surface area (Å²) in [6.07, 6.45) is 3.15. The summed E-state index contributed by atoms with van der Waals surface area (Å²) in [7, 11) is 0. The maximum atomic E-state index is 13.5. The Kier molecular flexibility index (Phi) is 13.2. The van der Waals surface area contributed by atoms with Gasteiger partial charge in [-0.2, -0.15) is 18.4 Å². The molecule has 0 spiro atoms. The van der Waals surface area contributed by atoms with Crippen molar-refractivity contribution in [2.24, 2.45) is 17.8 Å². The molecule has 0 bridgehead atoms. The second kappa shape index (κ2) is 19.2. The number of aromatic nitrogens is 2. The van der Waals surface area contributed by atoms with Crippen LogP contribution in [-0.2, 0) is 27.1 Å². The van der Waals surface area contributed by atoms with E-state index in [2.05, 4.69) is 42.1 Å². The van der Waals surface area contributed by atoms with Crippen LogP contribution in [0.15, 0.2) is 48.7 Å². The fourth-order valence-electron chi connectivity index (χ4n) is 10.9. The summed E-state index contributed by atoms with van der Waals surface area (Å²) < 4.78 is 40.5. The summed E-state index contributed by atoms with van der Waals surface area (Å²) in [5.41, 5.74) is 1.32. The van der Waals surface area contributed by atoms with Gasteiger partial charge in [0.1, 0.15) is 17.7 Å². The lowest BCUT2D eigenvalue weighted by Crippen LogP contribution is -2.54. The zero-order chi connectivity index (χ0) is 46.1. The fourth-order valence-corrected chi connectivity index (χ4v) is 10.9. The van der Waals surface area contributed by atoms with Crippen molar-refractivity contribution in [3.8, 4) is 6.07 Å². The Balaban J connectivity index is 0.667. The number of hydrogen-bond acceptors (Lipinski definition) is 12. The molecule has 0 aliphatic carbocycles. The fraction of sp³-hybridized carbons (Fsp3) is 0.562. The molecule has 1 unspecified atom stereocenters. The molecular weight excluding hydrogens is 852 g/mol. The van der Waals surface area contributed by atoms with Crippen molar-refractivity contribution >= 4 is 46.6 Å². The van der Waals surface area contributed by atoms with E-state index < -0.39 is 29.3 Å². The zero-order valence-electron chi connectivity index (χ0n) is 37.4. The molecule has 3 aromatic rings. The number of nitriles is 1. The van der Waals surface area contributed by atoms with E-state index in [1.165, 1.54) is 12.1 Å². The molecular formula is C48H58F3N11O4. The third-order valence-electron chi connectivity index (χ3n) is 14.8. The van der Waals surface area contributed by atoms with Crippen LogP contribution in [0, 0.1) is 29.1 Å². The summed E-state index contributed by atoms with van der Waals surface area (Å²) in [4.78, 5) is 73.2. The highest BCUT2D eigenvalue weighted by Gasteiger charge is 2.41. The number of rotatable bonds is 10. The summed E-state index contributed by atoms with van der Waals surface area (Å²) >= 11 is 0. The first-order valence-electron chi connectivity index (χ1n) is 23.5. The first kappa shape index (κ1) is 45.4. The number of benzene rings is 1. The van der Waals surface area contributed by atoms with E-state index in [-0.39, 0.29) is 36.6 Å². The number of nitrogens with zero attached hydrogens (tertiary/aromatic N) is 9. The van der Waals surface area contributed by atoms with Crippen LogP contribution in [0.5, 0.6) is 0 Å². The van der Waals surface area contributed by atoms with Crippen LogP contribution in [0.25, 0.3) is 0 Å². The predicted molar refractivity (Wildman–Crippen MR) is 242 cm³/mol. The molecule has 0 radical (unpaired) electrons. The molecule has 350 valence electrons. The van der Waals surface area contributed by atoms with E-state index in [0.29, 0.717) is 73.0 Å². The normalized spacial score (nSPS) is 23.2. The average molecular weight is 910 g/mol. The Labute approximate surface area is 383 Å². The highest BCUT2D eigenvalue weighted by Crippen LogP contribution is 2.36. The number of piperazine rings is 1. The molecule has 18 heteroatoms. The number of alkyl halides is 3. The third kappa shape index (κ3) is 9.97. The number of fused-ring (bicyclic) bond motifs is 1. The Morgan fingerprint density at radius 3 is 2.18 bits per heavy atom. The number of pyridine rings is 2. The van der Waals surface area contributed by atoms with Gasteiger partial charge < -0.3 is 29.8 Å². The second-order valence-electron chi connectivity index (χ2n) is 19.0. The first-order chi connectivity index (χ1) is 31.8. The van der Waals surface area contributed by atoms with Gasteiger partial charge in [-0.15, -0.1) is 0 Å². The van der Waals surface area contributed by atoms with Crippen LogP contribution in [0.2, 0.25) is 0 Å². The molecule has 15 nitrogen and oxygen atoms in total. The van der Waals surface area contributed by atoms with Gasteiger partial charge in [0, 0.05) is 96.1 Å². The minimum atomic E-state index is -4.62. The number of anilines is 4. The second-order valence-corrected chi connectivity index (χ2v) is 19.0. The van der Waals surface area contributed by atoms with Crippen LogP contribution in [-0.4, -0.2) is 132 Å². The van der Waals surface area contributed by atoms with E-state index in [1.807, 2.05) is 35.4 Å². The van der Waals surface area contributed by atoms with Gasteiger partial charge >= 0.3 is 6.18 Å². The molecule has 4 amide bonds. The van der Waals surface area contributed by atoms with Gasteiger partial charge in [-0.3, -0.25) is 29.4 Å². The Morgan fingerprint density at radius 2 is 1.52 bits per heavy atom. The molecule has 66 heavy (non-hydrogen) atoms. The predicted octanol–water partition coefficient (Wildman–Crippen LogP) is 5.12. The quantitative estimate of drug-likeness (QED) is 0.259. The van der Waals surface area contributed by atoms with Crippen molar-refractivity contribution < 1.29 is 32.3 Å². The highest BCUT2D eigenvalue weighted by molar-refractivity contribution is 6.05. The van der Waals surface area contributed by atoms with Crippen LogP contribution < -0.4 is 25.3 Å². The van der Waals surface area contributed by atoms with E-state index in [4.69, 9.17) is 10.2 Å². The number of imide groups is 1. The highest BCUT2D eigenvalue weighted by atomic mass is 19.4. The molecule has 5 saturated heterocycles. The van der Waals surface area contributed by atoms with Gasteiger partial charge in [-0.25, -0.2) is 9.97 Å². The van der Waals surface area contributed by atoms with Gasteiger partial charge in [-0.1, -0.05) is 0 Å². The number of amides is 4. The van der Waals surface area contributed by atoms with Crippen molar-refractivity contribution in [1.82, 2.24) is 30.0 Å². The lowest BCUT2D eigenvalue weighted by Gasteiger charge is -2.44. The van der Waals surface area contributed by atoms with E-state index in [9.17, 15) is 32.3 Å². The van der Waals surface area contributed by atoms with E-state index in [0.717, 1.165) is 102 Å². The summed E-state index contributed by atoms with van der Waals surface area (Å²) in [6, 6.07) is 12.8. The van der Waals surface area contributed by atoms with Crippen molar-refractivity contribution in [3.63, 3.8) is 0 Å². The SMILES string of the molecule is C[C@H]1CN(CC2CCN(c3ccc4c(n3)CN(C3CCC(=O)NC3=O)C4=O)CC2)CCN1CC1CCN(c2ccc(NC(=O)C3CCN(c4ccc(C#N)c(C(F)(F)F)c4)CC3)nc2)CC1. The number of hydrogen-bond donors (Lipinski definition) is 2. The lowest BCUT2D eigenvalue weighted by atomic mass is 9.94. The van der Waals surface area contributed by atoms with Crippen LogP contribution in [0.3, 0.4) is 0 Å². The molecule has 1 aromatic carbocycles. The zero-order valence-corrected chi connectivity index (χ0v) is 37.4. The van der Waals surface area contributed by atoms with Gasteiger partial charge in [0.05, 0.1) is 46.9 Å². The van der Waals surface area contributed by atoms with Crippen molar-refractivity contribution in [3.05, 3.63) is 71.0 Å². The van der Waals surface area contributed by atoms with Crippen molar-refractivity contribution in [2.75, 3.05) is 92.0 Å². The first-order valence-corrected chi connectivity index (χ1v) is 23.5. The molecule has 9 rings (SSSR count). The molecule has 2 N–H and O–H groups in total. The summed E-state index contributed by atoms with van der Waals surface area (Å²) in [6.45, 7) is 12.7. The molecule has 5 fully saturated rings. The van der Waals surface area contributed by atoms with Crippen LogP contribution >= 0.6 is 0 Å². The van der Waals surface area contributed by atoms with Crippen molar-refractivity contribution in [2.45, 2.75) is 83.1 Å². The number of halogens is 3. The standard InChI is InChI=1S/C48H58F3N11O4/c1-31-27-57(28-32-12-18-60(19-13-32)43-8-5-38-40(54-43)30-62(47(38)66)41-6-9-44(63)56-46(41)65)22-23-61(31)29-33-10-16-59(17-11-33)37-4-7-42(53-26-37)55-45(64)34-14-20-58(21-15-34)36-3-2-35(25-52)39(24-36)48(49,50)51/h2-5,7-8,24,26,31-34,41H,6,9-23,27-30H2,1H3,(H,53,55,64)(H,56,63,65)/t31-,41?/m0/s1. The van der Waals surface area contributed by atoms with Gasteiger partial charge in [0.15, 0.2) is 0 Å². The Morgan fingerprint density at radius 1 is 0.833 bits per heavy atom. The van der Waals surface area contributed by atoms with E-state index in [1.54, 1.807) is 11.0 Å². The molecule has 6 aliphatic heterocycles. The molecule has 0 saturated carbocycles. The number of nitrogens with one attached hydrogen (secondary N) is 2. The van der Waals surface area contributed by atoms with Gasteiger partial charge in [0.25, 0.3) is 5.91 Å². The Hall–Kier alpha value is -5.80. The molecule has 8 heterocycles. The Bertz CT molecular complexity index is 2330. The number of piperidine rings is 4. The van der Waals surface area contributed by atoms with Crippen LogP contribution in [0.4, 0.5) is 36.2 Å². The van der Waals surface area contributed by atoms with Gasteiger partial charge in [-0.05, 0) is 106 Å².